The van der Waals surface area contributed by atoms with Gasteiger partial charge < -0.3 is 4.90 Å². The molecule has 0 saturated carbocycles. The number of aliphatic imine (C=N–C) groups is 1. The molecule has 2 aromatic carbocycles. The van der Waals surface area contributed by atoms with Gasteiger partial charge in [0.25, 0.3) is 15.9 Å². The second-order valence-corrected chi connectivity index (χ2v) is 8.76. The molecular weight excluding hydrogens is 374 g/mol. The van der Waals surface area contributed by atoms with Crippen molar-refractivity contribution < 1.29 is 13.2 Å². The van der Waals surface area contributed by atoms with Crippen molar-refractivity contribution in [3.05, 3.63) is 59.7 Å². The number of sulfonamides is 1. The van der Waals surface area contributed by atoms with Gasteiger partial charge in [-0.3, -0.25) is 14.5 Å². The van der Waals surface area contributed by atoms with E-state index in [0.717, 1.165) is 30.5 Å². The summed E-state index contributed by atoms with van der Waals surface area (Å²) in [7, 11) is -3.62. The maximum absolute atomic E-state index is 13.3. The third kappa shape index (κ3) is 3.30. The van der Waals surface area contributed by atoms with Gasteiger partial charge in [-0.1, -0.05) is 50.1 Å². The maximum atomic E-state index is 13.3. The Hall–Kier alpha value is -2.67. The summed E-state index contributed by atoms with van der Waals surface area (Å²) in [4.78, 5) is 19.9. The Balaban J connectivity index is 1.68. The Kier molecular flexibility index (Phi) is 4.93. The van der Waals surface area contributed by atoms with Gasteiger partial charge in [0, 0.05) is 17.8 Å². The fraction of sp³-hybridized carbons (Fsp3) is 0.333. The highest BCUT2D eigenvalue weighted by molar-refractivity contribution is 7.90. The van der Waals surface area contributed by atoms with E-state index in [1.807, 2.05) is 24.3 Å². The lowest BCUT2D eigenvalue weighted by Gasteiger charge is -2.22. The molecule has 0 aromatic heterocycles. The van der Waals surface area contributed by atoms with E-state index in [1.54, 1.807) is 29.2 Å². The molecule has 146 valence electrons. The Morgan fingerprint density at radius 2 is 1.93 bits per heavy atom. The number of rotatable bonds is 5. The number of hydrogen-bond acceptors (Lipinski definition) is 4. The second-order valence-electron chi connectivity index (χ2n) is 7.11. The minimum Gasteiger partial charge on any atom is -0.310 e. The van der Waals surface area contributed by atoms with Crippen LogP contribution in [0, 0.1) is 0 Å². The molecule has 2 heterocycles. The summed E-state index contributed by atoms with van der Waals surface area (Å²) in [6.07, 6.45) is 3.19. The molecule has 0 saturated heterocycles. The van der Waals surface area contributed by atoms with Crippen molar-refractivity contribution in [3.8, 4) is 0 Å². The third-order valence-electron chi connectivity index (χ3n) is 5.22. The van der Waals surface area contributed by atoms with E-state index in [4.69, 9.17) is 0 Å². The first-order valence-corrected chi connectivity index (χ1v) is 11.1. The standard InChI is InChI=1S/C21H23N3O3S/c1-2-3-10-17(21(25)24-14-13-15-8-4-6-11-18(15)24)22-20-16-9-5-7-12-19(16)28(26,27)23-20/h4-9,11-12,17H,2-3,10,13-14H2,1H3,(H,22,23). The van der Waals surface area contributed by atoms with Crippen molar-refractivity contribution >= 4 is 27.5 Å². The molecule has 0 aliphatic carbocycles. The summed E-state index contributed by atoms with van der Waals surface area (Å²) < 4.78 is 27.2. The van der Waals surface area contributed by atoms with E-state index in [-0.39, 0.29) is 16.6 Å². The van der Waals surface area contributed by atoms with Crippen molar-refractivity contribution in [3.63, 3.8) is 0 Å². The molecule has 1 atom stereocenters. The zero-order valence-corrected chi connectivity index (χ0v) is 16.6. The van der Waals surface area contributed by atoms with Crippen LogP contribution in [0.4, 0.5) is 5.69 Å². The molecule has 0 radical (unpaired) electrons. The molecule has 0 fully saturated rings. The minimum absolute atomic E-state index is 0.0746. The van der Waals surface area contributed by atoms with Gasteiger partial charge in [0.05, 0.1) is 4.90 Å². The lowest BCUT2D eigenvalue weighted by atomic mass is 10.1. The maximum Gasteiger partial charge on any atom is 0.263 e. The number of para-hydroxylation sites is 1. The van der Waals surface area contributed by atoms with E-state index in [0.29, 0.717) is 18.5 Å². The summed E-state index contributed by atoms with van der Waals surface area (Å²) in [6.45, 7) is 2.70. The van der Waals surface area contributed by atoms with Crippen LogP contribution in [0.25, 0.3) is 0 Å². The molecule has 4 rings (SSSR count). The van der Waals surface area contributed by atoms with Gasteiger partial charge in [-0.15, -0.1) is 0 Å². The Bertz CT molecular complexity index is 1050. The summed E-state index contributed by atoms with van der Waals surface area (Å²) in [5, 5.41) is 0. The topological polar surface area (TPSA) is 78.8 Å². The Labute approximate surface area is 165 Å². The van der Waals surface area contributed by atoms with Crippen LogP contribution in [-0.2, 0) is 21.2 Å². The molecule has 0 bridgehead atoms. The second kappa shape index (κ2) is 7.39. The first-order chi connectivity index (χ1) is 13.5. The number of anilines is 1. The molecule has 1 unspecified atom stereocenters. The monoisotopic (exact) mass is 397 g/mol. The predicted molar refractivity (Wildman–Crippen MR) is 109 cm³/mol. The lowest BCUT2D eigenvalue weighted by Crippen LogP contribution is -2.38. The largest absolute Gasteiger partial charge is 0.310 e. The summed E-state index contributed by atoms with van der Waals surface area (Å²) in [5.41, 5.74) is 2.62. The number of fused-ring (bicyclic) bond motifs is 2. The number of hydrogen-bond donors (Lipinski definition) is 1. The molecule has 7 heteroatoms. The number of carbonyl (C=O) groups excluding carboxylic acids is 1. The molecule has 28 heavy (non-hydrogen) atoms. The summed E-state index contributed by atoms with van der Waals surface area (Å²) in [5.74, 6) is 0.187. The molecule has 1 N–H and O–H groups in total. The smallest absolute Gasteiger partial charge is 0.263 e. The van der Waals surface area contributed by atoms with Gasteiger partial charge in [-0.05, 0) is 36.6 Å². The van der Waals surface area contributed by atoms with E-state index in [2.05, 4.69) is 16.6 Å². The van der Waals surface area contributed by atoms with Crippen molar-refractivity contribution in [2.24, 2.45) is 4.99 Å². The highest BCUT2D eigenvalue weighted by Crippen LogP contribution is 2.29. The van der Waals surface area contributed by atoms with Crippen molar-refractivity contribution in [2.45, 2.75) is 43.5 Å². The molecule has 2 aromatic rings. The number of benzene rings is 2. The Morgan fingerprint density at radius 1 is 1.18 bits per heavy atom. The number of carbonyl (C=O) groups is 1. The van der Waals surface area contributed by atoms with Crippen LogP contribution in [0.5, 0.6) is 0 Å². The quantitative estimate of drug-likeness (QED) is 0.843. The van der Waals surface area contributed by atoms with Crippen LogP contribution in [0.2, 0.25) is 0 Å². The molecule has 1 amide bonds. The van der Waals surface area contributed by atoms with Gasteiger partial charge >= 0.3 is 0 Å². The van der Waals surface area contributed by atoms with E-state index in [1.165, 1.54) is 0 Å². The number of nitrogens with zero attached hydrogens (tertiary/aromatic N) is 2. The fourth-order valence-electron chi connectivity index (χ4n) is 3.77. The molecule has 2 aliphatic heterocycles. The van der Waals surface area contributed by atoms with Gasteiger partial charge in [-0.2, -0.15) is 0 Å². The van der Waals surface area contributed by atoms with Crippen LogP contribution in [0.3, 0.4) is 0 Å². The highest BCUT2D eigenvalue weighted by atomic mass is 32.2. The van der Waals surface area contributed by atoms with Gasteiger partial charge in [0.1, 0.15) is 11.9 Å². The van der Waals surface area contributed by atoms with Crippen LogP contribution in [0.15, 0.2) is 58.4 Å². The average Bonchev–Trinajstić information content (AvgIpc) is 3.24. The number of nitrogens with one attached hydrogen (secondary N) is 1. The minimum atomic E-state index is -3.62. The molecule has 6 nitrogen and oxygen atoms in total. The average molecular weight is 398 g/mol. The zero-order valence-electron chi connectivity index (χ0n) is 15.8. The first-order valence-electron chi connectivity index (χ1n) is 9.60. The summed E-state index contributed by atoms with van der Waals surface area (Å²) in [6, 6.07) is 14.0. The van der Waals surface area contributed by atoms with E-state index < -0.39 is 16.1 Å². The van der Waals surface area contributed by atoms with Gasteiger partial charge in [-0.25, -0.2) is 8.42 Å². The van der Waals surface area contributed by atoms with Crippen LogP contribution in [-0.4, -0.2) is 32.7 Å². The third-order valence-corrected chi connectivity index (χ3v) is 6.61. The van der Waals surface area contributed by atoms with Crippen LogP contribution >= 0.6 is 0 Å². The van der Waals surface area contributed by atoms with Crippen LogP contribution in [0.1, 0.15) is 37.3 Å². The normalized spacial score (nSPS) is 19.2. The SMILES string of the molecule is CCCCC(N=C1NS(=O)(=O)c2ccccc21)C(=O)N1CCc2ccccc21. The van der Waals surface area contributed by atoms with Crippen LogP contribution < -0.4 is 9.62 Å². The zero-order chi connectivity index (χ0) is 19.7. The fourth-order valence-corrected chi connectivity index (χ4v) is 5.01. The van der Waals surface area contributed by atoms with E-state index in [9.17, 15) is 13.2 Å². The van der Waals surface area contributed by atoms with Gasteiger partial charge in [0.2, 0.25) is 0 Å². The summed E-state index contributed by atoms with van der Waals surface area (Å²) >= 11 is 0. The predicted octanol–water partition coefficient (Wildman–Crippen LogP) is 2.87. The molecule has 2 aliphatic rings. The number of amidine groups is 1. The number of unbranched alkanes of at least 4 members (excludes halogenated alkanes) is 1. The van der Waals surface area contributed by atoms with E-state index >= 15 is 0 Å². The molecular formula is C21H23N3O3S. The van der Waals surface area contributed by atoms with Gasteiger partial charge in [0.15, 0.2) is 0 Å². The Morgan fingerprint density at radius 3 is 2.75 bits per heavy atom. The highest BCUT2D eigenvalue weighted by Gasteiger charge is 2.34. The lowest BCUT2D eigenvalue weighted by molar-refractivity contribution is -0.119. The number of amides is 1. The molecule has 0 spiro atoms. The van der Waals surface area contributed by atoms with Crippen molar-refractivity contribution in [2.75, 3.05) is 11.4 Å². The van der Waals surface area contributed by atoms with Crippen molar-refractivity contribution in [1.82, 2.24) is 4.72 Å². The van der Waals surface area contributed by atoms with Crippen molar-refractivity contribution in [1.29, 1.82) is 0 Å². The first kappa shape index (κ1) is 18.7.